The second kappa shape index (κ2) is 6.11. The first-order valence-corrected chi connectivity index (χ1v) is 11.1. The van der Waals surface area contributed by atoms with E-state index in [1.165, 1.54) is 50.2 Å². The SMILES string of the molecule is CC1(C)c2ccccc2-c2ccc(Nc3cccc4c3C(C)(C)c3ccccc3-4)cc21. The Hall–Kier alpha value is -3.32. The molecule has 152 valence electrons. The molecule has 31 heavy (non-hydrogen) atoms. The number of anilines is 2. The topological polar surface area (TPSA) is 12.0 Å². The first kappa shape index (κ1) is 18.4. The fourth-order valence-corrected chi connectivity index (χ4v) is 5.89. The minimum absolute atomic E-state index is 0.0117. The normalized spacial score (nSPS) is 16.3. The summed E-state index contributed by atoms with van der Waals surface area (Å²) in [5.41, 5.74) is 13.4. The van der Waals surface area contributed by atoms with Gasteiger partial charge in [-0.2, -0.15) is 0 Å². The summed E-state index contributed by atoms with van der Waals surface area (Å²) in [6.45, 7) is 9.35. The van der Waals surface area contributed by atoms with Gasteiger partial charge < -0.3 is 5.32 Å². The fourth-order valence-electron chi connectivity index (χ4n) is 5.89. The van der Waals surface area contributed by atoms with Crippen LogP contribution in [0.3, 0.4) is 0 Å². The highest BCUT2D eigenvalue weighted by Gasteiger charge is 2.38. The molecule has 0 saturated carbocycles. The van der Waals surface area contributed by atoms with E-state index < -0.39 is 0 Å². The molecule has 0 atom stereocenters. The van der Waals surface area contributed by atoms with Crippen LogP contribution in [0, 0.1) is 0 Å². The highest BCUT2D eigenvalue weighted by molar-refractivity contribution is 5.88. The van der Waals surface area contributed by atoms with Crippen LogP contribution in [0.2, 0.25) is 0 Å². The molecule has 0 aromatic heterocycles. The Labute approximate surface area is 184 Å². The molecular formula is C30H27N. The van der Waals surface area contributed by atoms with Crippen LogP contribution in [0.25, 0.3) is 22.3 Å². The van der Waals surface area contributed by atoms with Gasteiger partial charge in [0.05, 0.1) is 0 Å². The number of rotatable bonds is 2. The van der Waals surface area contributed by atoms with Crippen molar-refractivity contribution < 1.29 is 0 Å². The molecule has 0 unspecified atom stereocenters. The molecule has 4 aromatic rings. The van der Waals surface area contributed by atoms with Crippen molar-refractivity contribution in [1.29, 1.82) is 0 Å². The molecule has 0 heterocycles. The lowest BCUT2D eigenvalue weighted by Gasteiger charge is -2.25. The fraction of sp³-hybridized carbons (Fsp3) is 0.200. The maximum atomic E-state index is 3.79. The Morgan fingerprint density at radius 1 is 0.516 bits per heavy atom. The number of benzene rings is 4. The lowest BCUT2D eigenvalue weighted by molar-refractivity contribution is 0.660. The highest BCUT2D eigenvalue weighted by atomic mass is 14.9. The molecule has 4 aromatic carbocycles. The first-order valence-electron chi connectivity index (χ1n) is 11.1. The van der Waals surface area contributed by atoms with E-state index in [1.54, 1.807) is 0 Å². The van der Waals surface area contributed by atoms with Gasteiger partial charge in [-0.3, -0.25) is 0 Å². The largest absolute Gasteiger partial charge is 0.355 e. The predicted octanol–water partition coefficient (Wildman–Crippen LogP) is 8.04. The van der Waals surface area contributed by atoms with Crippen LogP contribution in [0.5, 0.6) is 0 Å². The summed E-state index contributed by atoms with van der Waals surface area (Å²) in [5, 5.41) is 3.79. The molecule has 0 aliphatic heterocycles. The van der Waals surface area contributed by atoms with Gasteiger partial charge in [-0.25, -0.2) is 0 Å². The Morgan fingerprint density at radius 2 is 1.10 bits per heavy atom. The molecule has 0 amide bonds. The summed E-state index contributed by atoms with van der Waals surface area (Å²) in [6.07, 6.45) is 0. The molecule has 0 saturated heterocycles. The Bertz CT molecular complexity index is 1360. The van der Waals surface area contributed by atoms with E-state index in [0.29, 0.717) is 0 Å². The average molecular weight is 402 g/mol. The van der Waals surface area contributed by atoms with Crippen molar-refractivity contribution in [2.75, 3.05) is 5.32 Å². The monoisotopic (exact) mass is 401 g/mol. The van der Waals surface area contributed by atoms with E-state index in [2.05, 4.69) is 118 Å². The Balaban J connectivity index is 1.45. The number of nitrogens with one attached hydrogen (secondary N) is 1. The van der Waals surface area contributed by atoms with Gasteiger partial charge in [0.25, 0.3) is 0 Å². The lowest BCUT2D eigenvalue weighted by Crippen LogP contribution is -2.17. The first-order chi connectivity index (χ1) is 14.9. The zero-order chi connectivity index (χ0) is 21.4. The van der Waals surface area contributed by atoms with E-state index in [4.69, 9.17) is 0 Å². The average Bonchev–Trinajstić information content (AvgIpc) is 3.15. The Morgan fingerprint density at radius 3 is 1.84 bits per heavy atom. The number of hydrogen-bond donors (Lipinski definition) is 1. The van der Waals surface area contributed by atoms with Gasteiger partial charge in [-0.05, 0) is 62.7 Å². The van der Waals surface area contributed by atoms with Gasteiger partial charge in [-0.1, -0.05) is 94.4 Å². The Kier molecular flexibility index (Phi) is 3.63. The second-order valence-corrected chi connectivity index (χ2v) is 9.95. The summed E-state index contributed by atoms with van der Waals surface area (Å²) in [7, 11) is 0. The summed E-state index contributed by atoms with van der Waals surface area (Å²) in [5.74, 6) is 0. The van der Waals surface area contributed by atoms with E-state index in [1.807, 2.05) is 0 Å². The maximum Gasteiger partial charge on any atom is 0.0431 e. The van der Waals surface area contributed by atoms with Crippen molar-refractivity contribution >= 4 is 11.4 Å². The lowest BCUT2D eigenvalue weighted by atomic mass is 9.81. The molecule has 0 radical (unpaired) electrons. The van der Waals surface area contributed by atoms with E-state index in [-0.39, 0.29) is 10.8 Å². The molecule has 0 bridgehead atoms. The van der Waals surface area contributed by atoms with E-state index >= 15 is 0 Å². The minimum Gasteiger partial charge on any atom is -0.355 e. The van der Waals surface area contributed by atoms with Crippen molar-refractivity contribution in [3.63, 3.8) is 0 Å². The molecule has 2 aliphatic rings. The molecule has 0 spiro atoms. The number of fused-ring (bicyclic) bond motifs is 6. The third-order valence-electron chi connectivity index (χ3n) is 7.44. The third-order valence-corrected chi connectivity index (χ3v) is 7.44. The van der Waals surface area contributed by atoms with Gasteiger partial charge in [0.15, 0.2) is 0 Å². The van der Waals surface area contributed by atoms with Gasteiger partial charge in [0.2, 0.25) is 0 Å². The van der Waals surface area contributed by atoms with E-state index in [0.717, 1.165) is 5.69 Å². The van der Waals surface area contributed by atoms with Crippen LogP contribution in [-0.4, -0.2) is 0 Å². The molecule has 6 rings (SSSR count). The van der Waals surface area contributed by atoms with Crippen molar-refractivity contribution in [2.45, 2.75) is 38.5 Å². The van der Waals surface area contributed by atoms with Crippen molar-refractivity contribution in [3.05, 3.63) is 107 Å². The second-order valence-electron chi connectivity index (χ2n) is 9.95. The third kappa shape index (κ3) is 2.44. The summed E-state index contributed by atoms with van der Waals surface area (Å²) >= 11 is 0. The van der Waals surface area contributed by atoms with Gasteiger partial charge in [-0.15, -0.1) is 0 Å². The van der Waals surface area contributed by atoms with Crippen LogP contribution >= 0.6 is 0 Å². The number of hydrogen-bond acceptors (Lipinski definition) is 1. The van der Waals surface area contributed by atoms with Crippen LogP contribution in [-0.2, 0) is 10.8 Å². The van der Waals surface area contributed by atoms with Crippen molar-refractivity contribution in [2.24, 2.45) is 0 Å². The maximum absolute atomic E-state index is 3.79. The molecule has 1 N–H and O–H groups in total. The zero-order valence-electron chi connectivity index (χ0n) is 18.6. The van der Waals surface area contributed by atoms with Crippen molar-refractivity contribution in [3.8, 4) is 22.3 Å². The van der Waals surface area contributed by atoms with Crippen LogP contribution in [0.15, 0.2) is 84.9 Å². The highest BCUT2D eigenvalue weighted by Crippen LogP contribution is 2.53. The quantitative estimate of drug-likeness (QED) is 0.358. The van der Waals surface area contributed by atoms with Gasteiger partial charge >= 0.3 is 0 Å². The van der Waals surface area contributed by atoms with Gasteiger partial charge in [0, 0.05) is 22.2 Å². The minimum atomic E-state index is -0.0260. The van der Waals surface area contributed by atoms with Crippen LogP contribution in [0.4, 0.5) is 11.4 Å². The predicted molar refractivity (Wildman–Crippen MR) is 131 cm³/mol. The molecule has 0 fully saturated rings. The van der Waals surface area contributed by atoms with Crippen molar-refractivity contribution in [1.82, 2.24) is 0 Å². The molecule has 1 heteroatoms. The van der Waals surface area contributed by atoms with Crippen LogP contribution < -0.4 is 5.32 Å². The molecular weight excluding hydrogens is 374 g/mol. The zero-order valence-corrected chi connectivity index (χ0v) is 18.6. The smallest absolute Gasteiger partial charge is 0.0431 e. The summed E-state index contributed by atoms with van der Waals surface area (Å²) < 4.78 is 0. The van der Waals surface area contributed by atoms with Crippen LogP contribution in [0.1, 0.15) is 49.9 Å². The summed E-state index contributed by atoms with van der Waals surface area (Å²) in [6, 6.07) is 31.2. The molecule has 2 aliphatic carbocycles. The van der Waals surface area contributed by atoms with E-state index in [9.17, 15) is 0 Å². The van der Waals surface area contributed by atoms with Gasteiger partial charge in [0.1, 0.15) is 0 Å². The molecule has 1 nitrogen and oxygen atoms in total. The standard InChI is InChI=1S/C30H27N/c1-29(2)24-13-7-5-10-20(24)22-17-16-19(18-26(22)29)31-27-15-9-12-23-21-11-6-8-14-25(21)30(3,4)28(23)27/h5-18,31H,1-4H3. The summed E-state index contributed by atoms with van der Waals surface area (Å²) in [4.78, 5) is 0.